The largest absolute Gasteiger partial charge is 0.353 e. The highest BCUT2D eigenvalue weighted by Gasteiger charge is 2.20. The number of nitrogen functional groups attached to an aromatic ring is 1. The highest BCUT2D eigenvalue weighted by molar-refractivity contribution is 6.32. The third-order valence-corrected chi connectivity index (χ3v) is 2.46. The zero-order valence-corrected chi connectivity index (χ0v) is 9.16. The molecular weight excluding hydrogens is 232 g/mol. The molecule has 4 N–H and O–H groups in total. The quantitative estimate of drug-likeness (QED) is 0.471. The second-order valence-corrected chi connectivity index (χ2v) is 3.69. The lowest BCUT2D eigenvalue weighted by Gasteiger charge is -2.28. The summed E-state index contributed by atoms with van der Waals surface area (Å²) in [5.74, 6) is 5.94. The Balaban J connectivity index is 2.27. The fraction of sp³-hybridized carbons (Fsp3) is 0.375. The molecule has 1 aromatic heterocycles. The minimum Gasteiger partial charge on any atom is -0.353 e. The van der Waals surface area contributed by atoms with Gasteiger partial charge in [0.25, 0.3) is 0 Å². The van der Waals surface area contributed by atoms with Crippen LogP contribution in [0, 0.1) is 0 Å². The molecule has 0 bridgehead atoms. The average molecular weight is 243 g/mol. The lowest BCUT2D eigenvalue weighted by molar-refractivity contribution is -0.120. The third-order valence-electron chi connectivity index (χ3n) is 2.19. The molecule has 1 amide bonds. The highest BCUT2D eigenvalue weighted by atomic mass is 35.5. The topological polar surface area (TPSA) is 96.2 Å². The number of carbonyl (C=O) groups excluding carboxylic acids is 1. The molecule has 1 aromatic rings. The van der Waals surface area contributed by atoms with E-state index >= 15 is 0 Å². The van der Waals surface area contributed by atoms with Gasteiger partial charge in [-0.2, -0.15) is 4.98 Å². The first kappa shape index (κ1) is 10.9. The molecule has 0 spiro atoms. The van der Waals surface area contributed by atoms with E-state index in [-0.39, 0.29) is 18.4 Å². The molecule has 0 unspecified atom stereocenters. The van der Waals surface area contributed by atoms with Gasteiger partial charge in [0.1, 0.15) is 5.02 Å². The summed E-state index contributed by atoms with van der Waals surface area (Å²) in [7, 11) is 0. The van der Waals surface area contributed by atoms with Gasteiger partial charge in [0, 0.05) is 13.1 Å². The first-order valence-electron chi connectivity index (χ1n) is 4.71. The molecule has 16 heavy (non-hydrogen) atoms. The number of aromatic nitrogens is 2. The molecule has 1 saturated heterocycles. The molecule has 1 aliphatic rings. The maximum atomic E-state index is 11.2. The summed E-state index contributed by atoms with van der Waals surface area (Å²) >= 11 is 5.97. The summed E-state index contributed by atoms with van der Waals surface area (Å²) in [5.41, 5.74) is 2.34. The van der Waals surface area contributed by atoms with Crippen LogP contribution in [0.5, 0.6) is 0 Å². The van der Waals surface area contributed by atoms with Gasteiger partial charge in [-0.1, -0.05) is 11.6 Å². The Bertz CT molecular complexity index is 412. The van der Waals surface area contributed by atoms with Crippen molar-refractivity contribution in [2.45, 2.75) is 0 Å². The predicted octanol–water partition coefficient (Wildman–Crippen LogP) is -0.648. The molecule has 0 aliphatic carbocycles. The van der Waals surface area contributed by atoms with Crippen molar-refractivity contribution in [3.05, 3.63) is 11.2 Å². The van der Waals surface area contributed by atoms with Crippen LogP contribution in [0.4, 0.5) is 11.8 Å². The van der Waals surface area contributed by atoms with Gasteiger partial charge in [-0.15, -0.1) is 0 Å². The summed E-state index contributed by atoms with van der Waals surface area (Å²) in [6, 6.07) is 0. The molecule has 1 fully saturated rings. The van der Waals surface area contributed by atoms with Crippen molar-refractivity contribution in [1.82, 2.24) is 15.3 Å². The van der Waals surface area contributed by atoms with Crippen LogP contribution in [0.25, 0.3) is 0 Å². The maximum absolute atomic E-state index is 11.2. The predicted molar refractivity (Wildman–Crippen MR) is 60.1 cm³/mol. The molecular formula is C8H11ClN6O. The first-order valence-corrected chi connectivity index (χ1v) is 5.09. The van der Waals surface area contributed by atoms with E-state index in [0.29, 0.717) is 23.9 Å². The smallest absolute Gasteiger partial charge is 0.239 e. The van der Waals surface area contributed by atoms with Gasteiger partial charge in [-0.25, -0.2) is 10.8 Å². The SMILES string of the molecule is NNc1ncc(Cl)c(N2CCNC(=O)C2)n1. The van der Waals surface area contributed by atoms with Crippen molar-refractivity contribution in [3.8, 4) is 0 Å². The summed E-state index contributed by atoms with van der Waals surface area (Å²) < 4.78 is 0. The standard InChI is InChI=1S/C8H11ClN6O/c9-5-3-12-8(14-10)13-7(5)15-2-1-11-6(16)4-15/h3H,1-2,4,10H2,(H,11,16)(H,12,13,14). The fourth-order valence-electron chi connectivity index (χ4n) is 1.47. The van der Waals surface area contributed by atoms with E-state index in [1.54, 1.807) is 4.90 Å². The van der Waals surface area contributed by atoms with Crippen molar-refractivity contribution in [3.63, 3.8) is 0 Å². The van der Waals surface area contributed by atoms with Crippen molar-refractivity contribution in [2.24, 2.45) is 5.84 Å². The molecule has 2 rings (SSSR count). The van der Waals surface area contributed by atoms with E-state index in [9.17, 15) is 4.79 Å². The lowest BCUT2D eigenvalue weighted by Crippen LogP contribution is -2.48. The van der Waals surface area contributed by atoms with Crippen LogP contribution in [0.1, 0.15) is 0 Å². The number of hydrogen-bond donors (Lipinski definition) is 3. The number of amides is 1. The molecule has 0 aromatic carbocycles. The Labute approximate surface area is 97.0 Å². The Kier molecular flexibility index (Phi) is 3.07. The van der Waals surface area contributed by atoms with Crippen LogP contribution in [0.2, 0.25) is 5.02 Å². The van der Waals surface area contributed by atoms with Crippen LogP contribution in [0.3, 0.4) is 0 Å². The number of hydrogen-bond acceptors (Lipinski definition) is 6. The number of piperazine rings is 1. The minimum absolute atomic E-state index is 0.0526. The zero-order chi connectivity index (χ0) is 11.5. The highest BCUT2D eigenvalue weighted by Crippen LogP contribution is 2.23. The van der Waals surface area contributed by atoms with Gasteiger partial charge in [-0.05, 0) is 0 Å². The fourth-order valence-corrected chi connectivity index (χ4v) is 1.68. The molecule has 7 nitrogen and oxygen atoms in total. The molecule has 0 saturated carbocycles. The summed E-state index contributed by atoms with van der Waals surface area (Å²) in [4.78, 5) is 21.0. The minimum atomic E-state index is -0.0526. The van der Waals surface area contributed by atoms with Crippen LogP contribution in [-0.4, -0.2) is 35.5 Å². The van der Waals surface area contributed by atoms with Gasteiger partial charge >= 0.3 is 0 Å². The van der Waals surface area contributed by atoms with Gasteiger partial charge < -0.3 is 10.2 Å². The number of anilines is 2. The van der Waals surface area contributed by atoms with Gasteiger partial charge in [0.2, 0.25) is 11.9 Å². The second kappa shape index (κ2) is 4.50. The first-order chi connectivity index (χ1) is 7.70. The molecule has 0 radical (unpaired) electrons. The molecule has 86 valence electrons. The van der Waals surface area contributed by atoms with E-state index in [4.69, 9.17) is 17.4 Å². The number of hydrazine groups is 1. The second-order valence-electron chi connectivity index (χ2n) is 3.28. The molecule has 0 atom stereocenters. The lowest BCUT2D eigenvalue weighted by atomic mass is 10.3. The van der Waals surface area contributed by atoms with Gasteiger partial charge in [0.15, 0.2) is 5.82 Å². The number of nitrogens with one attached hydrogen (secondary N) is 2. The number of carbonyl (C=O) groups is 1. The van der Waals surface area contributed by atoms with Crippen molar-refractivity contribution in [1.29, 1.82) is 0 Å². The van der Waals surface area contributed by atoms with Gasteiger partial charge in [-0.3, -0.25) is 10.2 Å². The third kappa shape index (κ3) is 2.15. The van der Waals surface area contributed by atoms with E-state index in [1.165, 1.54) is 6.20 Å². The van der Waals surface area contributed by atoms with Crippen molar-refractivity contribution in [2.75, 3.05) is 30.0 Å². The molecule has 2 heterocycles. The van der Waals surface area contributed by atoms with Crippen LogP contribution in [-0.2, 0) is 4.79 Å². The van der Waals surface area contributed by atoms with Crippen LogP contribution in [0.15, 0.2) is 6.20 Å². The van der Waals surface area contributed by atoms with Crippen molar-refractivity contribution < 1.29 is 4.79 Å². The zero-order valence-electron chi connectivity index (χ0n) is 8.40. The van der Waals surface area contributed by atoms with E-state index in [2.05, 4.69) is 20.7 Å². The summed E-state index contributed by atoms with van der Waals surface area (Å²) in [6.07, 6.45) is 1.45. The monoisotopic (exact) mass is 242 g/mol. The Morgan fingerprint density at radius 1 is 1.62 bits per heavy atom. The normalized spacial score (nSPS) is 15.9. The van der Waals surface area contributed by atoms with Crippen molar-refractivity contribution >= 4 is 29.3 Å². The Hall–Kier alpha value is -1.60. The van der Waals surface area contributed by atoms with E-state index in [1.807, 2.05) is 0 Å². The van der Waals surface area contributed by atoms with Crippen LogP contribution >= 0.6 is 11.6 Å². The van der Waals surface area contributed by atoms with E-state index < -0.39 is 0 Å². The Morgan fingerprint density at radius 2 is 2.44 bits per heavy atom. The summed E-state index contributed by atoms with van der Waals surface area (Å²) in [6.45, 7) is 1.47. The summed E-state index contributed by atoms with van der Waals surface area (Å²) in [5, 5.41) is 3.12. The average Bonchev–Trinajstić information content (AvgIpc) is 2.30. The number of nitrogens with zero attached hydrogens (tertiary/aromatic N) is 3. The maximum Gasteiger partial charge on any atom is 0.239 e. The molecule has 8 heteroatoms. The van der Waals surface area contributed by atoms with Crippen LogP contribution < -0.4 is 21.5 Å². The van der Waals surface area contributed by atoms with E-state index in [0.717, 1.165) is 0 Å². The number of nitrogens with two attached hydrogens (primary N) is 1. The Morgan fingerprint density at radius 3 is 3.12 bits per heavy atom. The van der Waals surface area contributed by atoms with Gasteiger partial charge in [0.05, 0.1) is 12.7 Å². The molecule has 1 aliphatic heterocycles. The number of rotatable bonds is 2. The number of halogens is 1.